The molecule has 0 aliphatic heterocycles. The Bertz CT molecular complexity index is 644. The summed E-state index contributed by atoms with van der Waals surface area (Å²) >= 11 is 1.53. The third-order valence-electron chi connectivity index (χ3n) is 4.24. The predicted molar refractivity (Wildman–Crippen MR) is 101 cm³/mol. The molecule has 1 aliphatic carbocycles. The molecule has 3 amide bonds. The zero-order valence-electron chi connectivity index (χ0n) is 15.2. The van der Waals surface area contributed by atoms with Crippen molar-refractivity contribution in [3.05, 3.63) is 29.8 Å². The smallest absolute Gasteiger partial charge is 0.340 e. The number of rotatable bonds is 6. The van der Waals surface area contributed by atoms with Gasteiger partial charge in [-0.3, -0.25) is 10.1 Å². The highest BCUT2D eigenvalue weighted by Gasteiger charge is 2.23. The van der Waals surface area contributed by atoms with Crippen molar-refractivity contribution in [1.29, 1.82) is 0 Å². The average molecular weight is 378 g/mol. The highest BCUT2D eigenvalue weighted by molar-refractivity contribution is 7.99. The lowest BCUT2D eigenvalue weighted by molar-refractivity contribution is -0.127. The summed E-state index contributed by atoms with van der Waals surface area (Å²) in [4.78, 5) is 37.2. The Morgan fingerprint density at radius 1 is 1.19 bits per heavy atom. The second kappa shape index (κ2) is 10.2. The van der Waals surface area contributed by atoms with Crippen LogP contribution < -0.4 is 10.6 Å². The van der Waals surface area contributed by atoms with Crippen molar-refractivity contribution in [2.75, 3.05) is 5.75 Å². The Balaban J connectivity index is 1.86. The lowest BCUT2D eigenvalue weighted by Gasteiger charge is -2.23. The minimum Gasteiger partial charge on any atom is -0.449 e. The van der Waals surface area contributed by atoms with Crippen molar-refractivity contribution >= 4 is 29.7 Å². The molecule has 1 fully saturated rings. The van der Waals surface area contributed by atoms with E-state index in [2.05, 4.69) is 10.6 Å². The number of hydrogen-bond donors (Lipinski definition) is 2. The first kappa shape index (κ1) is 20.3. The Morgan fingerprint density at radius 3 is 2.58 bits per heavy atom. The van der Waals surface area contributed by atoms with Crippen LogP contribution in [0, 0.1) is 0 Å². The van der Waals surface area contributed by atoms with Crippen LogP contribution in [0.2, 0.25) is 0 Å². The van der Waals surface area contributed by atoms with Crippen molar-refractivity contribution in [3.63, 3.8) is 0 Å². The summed E-state index contributed by atoms with van der Waals surface area (Å²) in [5.74, 6) is -0.383. The zero-order valence-corrected chi connectivity index (χ0v) is 16.1. The molecule has 1 atom stereocenters. The highest BCUT2D eigenvalue weighted by Crippen LogP contribution is 2.23. The maximum Gasteiger partial charge on any atom is 0.340 e. The number of nitrogens with one attached hydrogen (secondary N) is 2. The molecular weight excluding hydrogens is 352 g/mol. The van der Waals surface area contributed by atoms with Crippen molar-refractivity contribution in [3.8, 4) is 0 Å². The number of ether oxygens (including phenoxy) is 1. The average Bonchev–Trinajstić information content (AvgIpc) is 2.63. The van der Waals surface area contributed by atoms with Crippen LogP contribution in [0.15, 0.2) is 29.2 Å². The summed E-state index contributed by atoms with van der Waals surface area (Å²) in [6.45, 7) is 3.45. The van der Waals surface area contributed by atoms with Gasteiger partial charge in [0.2, 0.25) is 0 Å². The van der Waals surface area contributed by atoms with Crippen LogP contribution in [0.5, 0.6) is 0 Å². The minimum absolute atomic E-state index is 0.104. The fourth-order valence-corrected chi connectivity index (χ4v) is 3.67. The van der Waals surface area contributed by atoms with Crippen molar-refractivity contribution in [1.82, 2.24) is 10.6 Å². The summed E-state index contributed by atoms with van der Waals surface area (Å²) in [6, 6.07) is 6.67. The van der Waals surface area contributed by atoms with Gasteiger partial charge in [0.25, 0.3) is 5.91 Å². The topological polar surface area (TPSA) is 84.5 Å². The Morgan fingerprint density at radius 2 is 1.88 bits per heavy atom. The van der Waals surface area contributed by atoms with Gasteiger partial charge < -0.3 is 10.1 Å². The molecule has 0 bridgehead atoms. The molecule has 0 radical (unpaired) electrons. The van der Waals surface area contributed by atoms with Crippen LogP contribution in [-0.4, -0.2) is 35.8 Å². The van der Waals surface area contributed by atoms with E-state index in [0.717, 1.165) is 36.3 Å². The molecule has 0 unspecified atom stereocenters. The number of hydrogen-bond acceptors (Lipinski definition) is 5. The number of carbonyl (C=O) groups is 3. The monoisotopic (exact) mass is 378 g/mol. The summed E-state index contributed by atoms with van der Waals surface area (Å²) in [5.41, 5.74) is 0.422. The second-order valence-electron chi connectivity index (χ2n) is 6.27. The van der Waals surface area contributed by atoms with Crippen LogP contribution in [0.3, 0.4) is 0 Å². The van der Waals surface area contributed by atoms with E-state index < -0.39 is 24.0 Å². The molecule has 1 aliphatic rings. The first-order chi connectivity index (χ1) is 12.5. The molecule has 0 spiro atoms. The number of amides is 3. The van der Waals surface area contributed by atoms with E-state index in [1.54, 1.807) is 12.1 Å². The SMILES string of the molecule is CCSc1ccccc1C(=O)O[C@H](C)C(=O)NC(=O)NC1CCCCC1. The Hall–Kier alpha value is -2.02. The maximum absolute atomic E-state index is 12.3. The molecule has 6 nitrogen and oxygen atoms in total. The Kier molecular flexibility index (Phi) is 7.97. The van der Waals surface area contributed by atoms with Crippen molar-refractivity contribution in [2.45, 2.75) is 63.0 Å². The van der Waals surface area contributed by atoms with E-state index in [4.69, 9.17) is 4.74 Å². The lowest BCUT2D eigenvalue weighted by atomic mass is 9.96. The molecule has 0 saturated heterocycles. The van der Waals surface area contributed by atoms with Gasteiger partial charge in [0.15, 0.2) is 6.10 Å². The van der Waals surface area contributed by atoms with Gasteiger partial charge in [-0.05, 0) is 37.7 Å². The van der Waals surface area contributed by atoms with E-state index in [-0.39, 0.29) is 6.04 Å². The van der Waals surface area contributed by atoms with Crippen LogP contribution in [0.1, 0.15) is 56.3 Å². The van der Waals surface area contributed by atoms with Crippen LogP contribution in [-0.2, 0) is 9.53 Å². The third-order valence-corrected chi connectivity index (χ3v) is 5.19. The van der Waals surface area contributed by atoms with Gasteiger partial charge in [-0.15, -0.1) is 11.8 Å². The van der Waals surface area contributed by atoms with Gasteiger partial charge in [-0.2, -0.15) is 0 Å². The number of carbonyl (C=O) groups excluding carboxylic acids is 3. The molecule has 1 aromatic carbocycles. The molecule has 2 N–H and O–H groups in total. The second-order valence-corrected chi connectivity index (χ2v) is 7.58. The summed E-state index contributed by atoms with van der Waals surface area (Å²) < 4.78 is 5.23. The summed E-state index contributed by atoms with van der Waals surface area (Å²) in [5, 5.41) is 5.05. The fraction of sp³-hybridized carbons (Fsp3) is 0.526. The minimum atomic E-state index is -1.06. The Labute approximate surface area is 158 Å². The molecule has 1 saturated carbocycles. The quantitative estimate of drug-likeness (QED) is 0.585. The third kappa shape index (κ3) is 6.05. The predicted octanol–water partition coefficient (Wildman–Crippen LogP) is 3.50. The number of imide groups is 1. The molecule has 0 heterocycles. The highest BCUT2D eigenvalue weighted by atomic mass is 32.2. The fourth-order valence-electron chi connectivity index (χ4n) is 2.88. The number of benzene rings is 1. The number of thioether (sulfide) groups is 1. The van der Waals surface area contributed by atoms with Gasteiger partial charge in [0.1, 0.15) is 0 Å². The van der Waals surface area contributed by atoms with Crippen LogP contribution in [0.4, 0.5) is 4.79 Å². The molecule has 1 aromatic rings. The van der Waals surface area contributed by atoms with Gasteiger partial charge in [0, 0.05) is 10.9 Å². The number of esters is 1. The summed E-state index contributed by atoms with van der Waals surface area (Å²) in [7, 11) is 0. The van der Waals surface area contributed by atoms with E-state index in [0.29, 0.717) is 5.56 Å². The largest absolute Gasteiger partial charge is 0.449 e. The molecule has 26 heavy (non-hydrogen) atoms. The summed E-state index contributed by atoms with van der Waals surface area (Å²) in [6.07, 6.45) is 4.16. The van der Waals surface area contributed by atoms with E-state index in [1.165, 1.54) is 25.1 Å². The standard InChI is InChI=1S/C19H26N2O4S/c1-3-26-16-12-8-7-11-15(16)18(23)25-13(2)17(22)21-19(24)20-14-9-5-4-6-10-14/h7-8,11-14H,3-6,9-10H2,1-2H3,(H2,20,21,22,24)/t13-/m1/s1. The van der Waals surface area contributed by atoms with Crippen LogP contribution >= 0.6 is 11.8 Å². The van der Waals surface area contributed by atoms with E-state index in [9.17, 15) is 14.4 Å². The van der Waals surface area contributed by atoms with Gasteiger partial charge >= 0.3 is 12.0 Å². The molecule has 0 aromatic heterocycles. The lowest BCUT2D eigenvalue weighted by Crippen LogP contribution is -2.48. The van der Waals surface area contributed by atoms with E-state index >= 15 is 0 Å². The van der Waals surface area contributed by atoms with Crippen molar-refractivity contribution in [2.24, 2.45) is 0 Å². The normalized spacial score (nSPS) is 15.8. The zero-order chi connectivity index (χ0) is 18.9. The van der Waals surface area contributed by atoms with Crippen LogP contribution in [0.25, 0.3) is 0 Å². The molecule has 142 valence electrons. The van der Waals surface area contributed by atoms with E-state index in [1.807, 2.05) is 19.1 Å². The molecule has 7 heteroatoms. The van der Waals surface area contributed by atoms with Crippen molar-refractivity contribution < 1.29 is 19.1 Å². The first-order valence-electron chi connectivity index (χ1n) is 9.05. The maximum atomic E-state index is 12.3. The number of urea groups is 1. The molecule has 2 rings (SSSR count). The van der Waals surface area contributed by atoms with Gasteiger partial charge in [-0.1, -0.05) is 38.3 Å². The van der Waals surface area contributed by atoms with Gasteiger partial charge in [-0.25, -0.2) is 9.59 Å². The molecular formula is C19H26N2O4S. The van der Waals surface area contributed by atoms with Gasteiger partial charge in [0.05, 0.1) is 5.56 Å². The first-order valence-corrected chi connectivity index (χ1v) is 10.0.